The highest BCUT2D eigenvalue weighted by molar-refractivity contribution is 6.00. The number of nitrogens with zero attached hydrogens (tertiary/aromatic N) is 1. The molecule has 0 saturated carbocycles. The number of carbonyl (C=O) groups is 2. The molecule has 1 atom stereocenters. The van der Waals surface area contributed by atoms with Crippen molar-refractivity contribution in [1.82, 2.24) is 5.32 Å². The van der Waals surface area contributed by atoms with Crippen LogP contribution in [-0.2, 0) is 27.5 Å². The highest BCUT2D eigenvalue weighted by Gasteiger charge is 2.35. The van der Waals surface area contributed by atoms with Crippen molar-refractivity contribution in [3.8, 4) is 11.5 Å². The fourth-order valence-corrected chi connectivity index (χ4v) is 3.46. The lowest BCUT2D eigenvalue weighted by molar-refractivity contribution is -0.126. The Morgan fingerprint density at radius 1 is 1.07 bits per heavy atom. The maximum Gasteiger partial charge on any atom is 0.227 e. The Bertz CT molecular complexity index is 883. The van der Waals surface area contributed by atoms with Crippen molar-refractivity contribution in [2.45, 2.75) is 19.6 Å². The number of hydrogen-bond acceptors (Lipinski definition) is 5. The van der Waals surface area contributed by atoms with Crippen LogP contribution in [-0.4, -0.2) is 39.7 Å². The molecule has 0 spiro atoms. The first-order valence-corrected chi connectivity index (χ1v) is 9.42. The van der Waals surface area contributed by atoms with Crippen molar-refractivity contribution in [3.05, 3.63) is 53.6 Å². The molecule has 29 heavy (non-hydrogen) atoms. The lowest BCUT2D eigenvalue weighted by atomic mass is 10.1. The first kappa shape index (κ1) is 20.7. The van der Waals surface area contributed by atoms with Crippen molar-refractivity contribution in [3.63, 3.8) is 0 Å². The molecule has 7 heteroatoms. The van der Waals surface area contributed by atoms with E-state index in [4.69, 9.17) is 14.2 Å². The number of hydrogen-bond donors (Lipinski definition) is 1. The van der Waals surface area contributed by atoms with Gasteiger partial charge in [0.25, 0.3) is 0 Å². The second-order valence-corrected chi connectivity index (χ2v) is 6.92. The van der Waals surface area contributed by atoms with E-state index in [9.17, 15) is 9.59 Å². The summed E-state index contributed by atoms with van der Waals surface area (Å²) in [4.78, 5) is 26.7. The first-order chi connectivity index (χ1) is 14.0. The van der Waals surface area contributed by atoms with E-state index in [2.05, 4.69) is 5.32 Å². The minimum absolute atomic E-state index is 0.0838. The van der Waals surface area contributed by atoms with Crippen LogP contribution in [0.2, 0.25) is 0 Å². The fraction of sp³-hybridized carbons (Fsp3) is 0.364. The van der Waals surface area contributed by atoms with Crippen LogP contribution in [0, 0.1) is 5.92 Å². The van der Waals surface area contributed by atoms with Crippen LogP contribution >= 0.6 is 0 Å². The van der Waals surface area contributed by atoms with E-state index >= 15 is 0 Å². The molecule has 2 aromatic carbocycles. The molecule has 1 saturated heterocycles. The maximum absolute atomic E-state index is 12.6. The van der Waals surface area contributed by atoms with Crippen LogP contribution in [0.5, 0.6) is 11.5 Å². The Hall–Kier alpha value is -3.06. The van der Waals surface area contributed by atoms with E-state index < -0.39 is 5.92 Å². The molecule has 3 rings (SSSR count). The molecule has 2 amide bonds. The summed E-state index contributed by atoms with van der Waals surface area (Å²) in [6.07, 6.45) is 0.184. The van der Waals surface area contributed by atoms with E-state index in [1.54, 1.807) is 44.4 Å². The van der Waals surface area contributed by atoms with Gasteiger partial charge in [-0.3, -0.25) is 9.59 Å². The number of rotatable bonds is 8. The number of methoxy groups -OCH3 is 3. The van der Waals surface area contributed by atoms with Crippen molar-refractivity contribution in [2.24, 2.45) is 5.92 Å². The number of anilines is 1. The second-order valence-electron chi connectivity index (χ2n) is 6.92. The normalized spacial score (nSPS) is 16.0. The summed E-state index contributed by atoms with van der Waals surface area (Å²) in [5.74, 6) is 0.533. The van der Waals surface area contributed by atoms with Gasteiger partial charge in [0, 0.05) is 38.4 Å². The molecule has 7 nitrogen and oxygen atoms in total. The Labute approximate surface area is 170 Å². The molecule has 0 radical (unpaired) electrons. The molecule has 1 aliphatic rings. The van der Waals surface area contributed by atoms with Crippen LogP contribution in [0.3, 0.4) is 0 Å². The van der Waals surface area contributed by atoms with Crippen molar-refractivity contribution in [2.75, 3.05) is 32.8 Å². The average Bonchev–Trinajstić information content (AvgIpc) is 3.13. The van der Waals surface area contributed by atoms with Gasteiger partial charge < -0.3 is 24.4 Å². The molecule has 0 aliphatic carbocycles. The van der Waals surface area contributed by atoms with Crippen molar-refractivity contribution < 1.29 is 23.8 Å². The third kappa shape index (κ3) is 4.86. The van der Waals surface area contributed by atoms with Crippen molar-refractivity contribution >= 4 is 17.5 Å². The number of benzene rings is 2. The smallest absolute Gasteiger partial charge is 0.227 e. The summed E-state index contributed by atoms with van der Waals surface area (Å²) in [7, 11) is 4.75. The van der Waals surface area contributed by atoms with E-state index in [0.717, 1.165) is 11.1 Å². The Morgan fingerprint density at radius 3 is 2.55 bits per heavy atom. The van der Waals surface area contributed by atoms with Gasteiger partial charge in [0.05, 0.1) is 26.7 Å². The molecular formula is C22H26N2O5. The second kappa shape index (κ2) is 9.43. The zero-order valence-corrected chi connectivity index (χ0v) is 16.9. The Balaban J connectivity index is 1.62. The maximum atomic E-state index is 12.6. The SMILES string of the molecule is COCc1cccc(CNC(=O)C2CC(=O)N(c3ccc(OC)c(OC)c3)C2)c1. The van der Waals surface area contributed by atoms with Gasteiger partial charge in [-0.1, -0.05) is 24.3 Å². The summed E-state index contributed by atoms with van der Waals surface area (Å²) in [6, 6.07) is 13.2. The Kier molecular flexibility index (Phi) is 6.72. The zero-order valence-electron chi connectivity index (χ0n) is 16.9. The number of nitrogens with one attached hydrogen (secondary N) is 1. The van der Waals surface area contributed by atoms with Gasteiger partial charge in [-0.15, -0.1) is 0 Å². The van der Waals surface area contributed by atoms with Crippen LogP contribution in [0.4, 0.5) is 5.69 Å². The number of ether oxygens (including phenoxy) is 3. The average molecular weight is 398 g/mol. The molecular weight excluding hydrogens is 372 g/mol. The van der Waals surface area contributed by atoms with Crippen LogP contribution in [0.25, 0.3) is 0 Å². The third-order valence-electron chi connectivity index (χ3n) is 4.94. The molecule has 154 valence electrons. The third-order valence-corrected chi connectivity index (χ3v) is 4.94. The van der Waals surface area contributed by atoms with E-state index in [1.807, 2.05) is 24.3 Å². The molecule has 1 unspecified atom stereocenters. The highest BCUT2D eigenvalue weighted by Crippen LogP contribution is 2.34. The summed E-state index contributed by atoms with van der Waals surface area (Å²) in [6.45, 7) is 1.28. The summed E-state index contributed by atoms with van der Waals surface area (Å²) < 4.78 is 15.7. The van der Waals surface area contributed by atoms with Gasteiger partial charge in [0.15, 0.2) is 11.5 Å². The lowest BCUT2D eigenvalue weighted by Crippen LogP contribution is -2.32. The molecule has 0 aromatic heterocycles. The fourth-order valence-electron chi connectivity index (χ4n) is 3.46. The van der Waals surface area contributed by atoms with Gasteiger partial charge in [-0.2, -0.15) is 0 Å². The first-order valence-electron chi connectivity index (χ1n) is 9.42. The summed E-state index contributed by atoms with van der Waals surface area (Å²) >= 11 is 0. The van der Waals surface area contributed by atoms with Crippen LogP contribution < -0.4 is 19.7 Å². The van der Waals surface area contributed by atoms with Crippen LogP contribution in [0.15, 0.2) is 42.5 Å². The van der Waals surface area contributed by atoms with Gasteiger partial charge >= 0.3 is 0 Å². The molecule has 2 aromatic rings. The number of amides is 2. The largest absolute Gasteiger partial charge is 0.493 e. The quantitative estimate of drug-likeness (QED) is 0.739. The van der Waals surface area contributed by atoms with Gasteiger partial charge in [-0.05, 0) is 23.3 Å². The summed E-state index contributed by atoms with van der Waals surface area (Å²) in [5, 5.41) is 2.94. The van der Waals surface area contributed by atoms with Crippen LogP contribution in [0.1, 0.15) is 17.5 Å². The Morgan fingerprint density at radius 2 is 1.83 bits per heavy atom. The highest BCUT2D eigenvalue weighted by atomic mass is 16.5. The predicted octanol–water partition coefficient (Wildman–Crippen LogP) is 2.52. The van der Waals surface area contributed by atoms with Gasteiger partial charge in [0.2, 0.25) is 11.8 Å². The predicted molar refractivity (Wildman–Crippen MR) is 109 cm³/mol. The molecule has 1 N–H and O–H groups in total. The molecule has 1 heterocycles. The summed E-state index contributed by atoms with van der Waals surface area (Å²) in [5.41, 5.74) is 2.74. The van der Waals surface area contributed by atoms with Crippen molar-refractivity contribution in [1.29, 1.82) is 0 Å². The van der Waals surface area contributed by atoms with E-state index in [-0.39, 0.29) is 18.2 Å². The zero-order chi connectivity index (χ0) is 20.8. The monoisotopic (exact) mass is 398 g/mol. The minimum Gasteiger partial charge on any atom is -0.493 e. The minimum atomic E-state index is -0.391. The standard InChI is InChI=1S/C22H26N2O5/c1-27-14-16-6-4-5-15(9-16)12-23-22(26)17-10-21(25)24(13-17)18-7-8-19(28-2)20(11-18)29-3/h4-9,11,17H,10,12-14H2,1-3H3,(H,23,26). The topological polar surface area (TPSA) is 77.1 Å². The van der Waals surface area contributed by atoms with Gasteiger partial charge in [0.1, 0.15) is 0 Å². The molecule has 1 aliphatic heterocycles. The van der Waals surface area contributed by atoms with Gasteiger partial charge in [-0.25, -0.2) is 0 Å². The van der Waals surface area contributed by atoms with E-state index in [0.29, 0.717) is 36.9 Å². The lowest BCUT2D eigenvalue weighted by Gasteiger charge is -2.18. The molecule has 1 fully saturated rings. The number of carbonyl (C=O) groups excluding carboxylic acids is 2. The molecule has 0 bridgehead atoms. The van der Waals surface area contributed by atoms with E-state index in [1.165, 1.54) is 0 Å².